The van der Waals surface area contributed by atoms with E-state index in [-0.39, 0.29) is 5.11 Å². The Bertz CT molecular complexity index is 751. The summed E-state index contributed by atoms with van der Waals surface area (Å²) in [6.45, 7) is 1.88. The maximum Gasteiger partial charge on any atom is 0.350 e. The van der Waals surface area contributed by atoms with E-state index in [1.54, 1.807) is 17.5 Å². The second-order valence-corrected chi connectivity index (χ2v) is 6.91. The third-order valence-corrected chi connectivity index (χ3v) is 4.84. The van der Waals surface area contributed by atoms with Crippen LogP contribution in [0.3, 0.4) is 0 Å². The fraction of sp³-hybridized carbons (Fsp3) is 0.214. The fourth-order valence-electron chi connectivity index (χ4n) is 1.78. The molecular formula is C14H14N2O4S3. The van der Waals surface area contributed by atoms with Gasteiger partial charge in [-0.1, -0.05) is 0 Å². The van der Waals surface area contributed by atoms with Gasteiger partial charge in [0.25, 0.3) is 0 Å². The largest absolute Gasteiger partial charge is 0.465 e. The van der Waals surface area contributed by atoms with Crippen molar-refractivity contribution in [1.82, 2.24) is 0 Å². The number of hydrogen-bond donors (Lipinski definition) is 2. The van der Waals surface area contributed by atoms with Crippen LogP contribution in [-0.2, 0) is 9.47 Å². The van der Waals surface area contributed by atoms with Crippen molar-refractivity contribution in [2.75, 3.05) is 24.9 Å². The number of ether oxygens (including phenoxy) is 2. The number of thiophene rings is 2. The monoisotopic (exact) mass is 370 g/mol. The molecular weight excluding hydrogens is 356 g/mol. The normalized spacial score (nSPS) is 10.0. The predicted octanol–water partition coefficient (Wildman–Crippen LogP) is 3.50. The van der Waals surface area contributed by atoms with Crippen LogP contribution in [0.2, 0.25) is 0 Å². The minimum absolute atomic E-state index is 0.264. The summed E-state index contributed by atoms with van der Waals surface area (Å²) in [5.41, 5.74) is 0.963. The predicted molar refractivity (Wildman–Crippen MR) is 95.9 cm³/mol. The maximum atomic E-state index is 11.7. The Balaban J connectivity index is 2.13. The van der Waals surface area contributed by atoms with Gasteiger partial charge in [-0.15, -0.1) is 22.7 Å². The summed E-state index contributed by atoms with van der Waals surface area (Å²) in [7, 11) is 2.64. The van der Waals surface area contributed by atoms with E-state index in [2.05, 4.69) is 10.6 Å². The molecule has 9 heteroatoms. The van der Waals surface area contributed by atoms with E-state index < -0.39 is 11.9 Å². The average molecular weight is 370 g/mol. The highest BCUT2D eigenvalue weighted by Gasteiger charge is 2.18. The van der Waals surface area contributed by atoms with Crippen LogP contribution in [0.5, 0.6) is 0 Å². The van der Waals surface area contributed by atoms with Gasteiger partial charge in [-0.3, -0.25) is 0 Å². The Morgan fingerprint density at radius 2 is 1.87 bits per heavy atom. The van der Waals surface area contributed by atoms with Crippen LogP contribution < -0.4 is 10.6 Å². The van der Waals surface area contributed by atoms with Crippen LogP contribution in [0.15, 0.2) is 17.5 Å². The van der Waals surface area contributed by atoms with Crippen molar-refractivity contribution in [3.05, 3.63) is 32.8 Å². The second-order valence-electron chi connectivity index (χ2n) is 4.33. The maximum absolute atomic E-state index is 11.7. The zero-order chi connectivity index (χ0) is 17.0. The van der Waals surface area contributed by atoms with Crippen LogP contribution in [0, 0.1) is 6.92 Å². The van der Waals surface area contributed by atoms with Gasteiger partial charge in [0.2, 0.25) is 0 Å². The zero-order valence-electron chi connectivity index (χ0n) is 12.6. The van der Waals surface area contributed by atoms with Crippen LogP contribution >= 0.6 is 34.9 Å². The lowest BCUT2D eigenvalue weighted by molar-refractivity contribution is 0.0595. The first-order valence-electron chi connectivity index (χ1n) is 6.38. The first-order valence-corrected chi connectivity index (χ1v) is 8.49. The number of hydrogen-bond acceptors (Lipinski definition) is 7. The van der Waals surface area contributed by atoms with E-state index in [1.807, 2.05) is 6.92 Å². The highest BCUT2D eigenvalue weighted by Crippen LogP contribution is 2.29. The van der Waals surface area contributed by atoms with Gasteiger partial charge < -0.3 is 20.1 Å². The van der Waals surface area contributed by atoms with Crippen molar-refractivity contribution in [1.29, 1.82) is 0 Å². The first kappa shape index (κ1) is 17.4. The van der Waals surface area contributed by atoms with Gasteiger partial charge in [-0.2, -0.15) is 0 Å². The van der Waals surface area contributed by atoms with Crippen molar-refractivity contribution in [3.8, 4) is 0 Å². The van der Waals surface area contributed by atoms with E-state index in [1.165, 1.54) is 36.9 Å². The fourth-order valence-corrected chi connectivity index (χ4v) is 3.73. The number of carbonyl (C=O) groups excluding carboxylic acids is 2. The van der Waals surface area contributed by atoms with Crippen LogP contribution in [0.1, 0.15) is 24.9 Å². The molecule has 0 amide bonds. The standard InChI is InChI=1S/C14H14N2O4S3/c1-7-6-8(12(17)19-2)11(23-7)16-14(21)15-9-4-5-22-10(9)13(18)20-3/h4-6H,1-3H3,(H2,15,16,21). The Morgan fingerprint density at radius 3 is 2.52 bits per heavy atom. The van der Waals surface area contributed by atoms with Gasteiger partial charge >= 0.3 is 11.9 Å². The molecule has 122 valence electrons. The molecule has 0 aliphatic carbocycles. The number of aryl methyl sites for hydroxylation is 1. The smallest absolute Gasteiger partial charge is 0.350 e. The van der Waals surface area contributed by atoms with Crippen LogP contribution in [-0.4, -0.2) is 31.3 Å². The van der Waals surface area contributed by atoms with Gasteiger partial charge in [0.15, 0.2) is 5.11 Å². The van der Waals surface area contributed by atoms with Crippen LogP contribution in [0.25, 0.3) is 0 Å². The Hall–Kier alpha value is -1.97. The third kappa shape index (κ3) is 4.06. The number of rotatable bonds is 4. The highest BCUT2D eigenvalue weighted by molar-refractivity contribution is 7.80. The third-order valence-electron chi connectivity index (χ3n) is 2.77. The lowest BCUT2D eigenvalue weighted by Gasteiger charge is -2.10. The topological polar surface area (TPSA) is 76.7 Å². The van der Waals surface area contributed by atoms with Crippen molar-refractivity contribution < 1.29 is 19.1 Å². The summed E-state index contributed by atoms with van der Waals surface area (Å²) in [5, 5.41) is 8.50. The number of esters is 2. The molecule has 0 radical (unpaired) electrons. The summed E-state index contributed by atoms with van der Waals surface area (Å²) >= 11 is 7.88. The van der Waals surface area contributed by atoms with E-state index in [9.17, 15) is 9.59 Å². The summed E-state index contributed by atoms with van der Waals surface area (Å²) < 4.78 is 9.46. The van der Waals surface area contributed by atoms with Gasteiger partial charge in [0.1, 0.15) is 9.88 Å². The lowest BCUT2D eigenvalue weighted by atomic mass is 10.3. The Labute approximate surface area is 146 Å². The SMILES string of the molecule is COC(=O)c1cc(C)sc1NC(=S)Nc1ccsc1C(=O)OC. The van der Waals surface area contributed by atoms with E-state index in [0.29, 0.717) is 21.1 Å². The van der Waals surface area contributed by atoms with Crippen molar-refractivity contribution in [2.45, 2.75) is 6.92 Å². The second kappa shape index (κ2) is 7.53. The summed E-state index contributed by atoms with van der Waals surface area (Å²) in [5.74, 6) is -0.877. The molecule has 0 aliphatic rings. The molecule has 0 aliphatic heterocycles. The van der Waals surface area contributed by atoms with Crippen molar-refractivity contribution in [2.24, 2.45) is 0 Å². The molecule has 23 heavy (non-hydrogen) atoms. The van der Waals surface area contributed by atoms with Gasteiger partial charge in [-0.25, -0.2) is 9.59 Å². The quantitative estimate of drug-likeness (QED) is 0.630. The molecule has 2 heterocycles. The summed E-state index contributed by atoms with van der Waals surface area (Å²) in [4.78, 5) is 24.8. The molecule has 6 nitrogen and oxygen atoms in total. The van der Waals surface area contributed by atoms with E-state index in [4.69, 9.17) is 21.7 Å². The first-order chi connectivity index (χ1) is 11.0. The number of methoxy groups -OCH3 is 2. The number of carbonyl (C=O) groups is 2. The van der Waals surface area contributed by atoms with E-state index in [0.717, 1.165) is 4.88 Å². The molecule has 0 saturated carbocycles. The molecule has 0 aromatic carbocycles. The molecule has 0 saturated heterocycles. The molecule has 2 aromatic heterocycles. The summed E-state index contributed by atoms with van der Waals surface area (Å²) in [6, 6.07) is 3.46. The average Bonchev–Trinajstić information content (AvgIpc) is 3.12. The molecule has 0 atom stereocenters. The number of thiocarbonyl (C=S) groups is 1. The molecule has 0 fully saturated rings. The molecule has 0 unspecified atom stereocenters. The Kier molecular flexibility index (Phi) is 5.69. The molecule has 0 bridgehead atoms. The molecule has 2 aromatic rings. The van der Waals surface area contributed by atoms with E-state index >= 15 is 0 Å². The van der Waals surface area contributed by atoms with Gasteiger partial charge in [0, 0.05) is 4.88 Å². The zero-order valence-corrected chi connectivity index (χ0v) is 15.0. The number of anilines is 2. The summed E-state index contributed by atoms with van der Waals surface area (Å²) in [6.07, 6.45) is 0. The highest BCUT2D eigenvalue weighted by atomic mass is 32.1. The minimum atomic E-state index is -0.439. The number of nitrogens with one attached hydrogen (secondary N) is 2. The minimum Gasteiger partial charge on any atom is -0.465 e. The molecule has 2 N–H and O–H groups in total. The Morgan fingerprint density at radius 1 is 1.17 bits per heavy atom. The van der Waals surface area contributed by atoms with Gasteiger partial charge in [-0.05, 0) is 36.7 Å². The van der Waals surface area contributed by atoms with Gasteiger partial charge in [0.05, 0.1) is 25.5 Å². The molecule has 0 spiro atoms. The van der Waals surface area contributed by atoms with Crippen molar-refractivity contribution >= 4 is 62.6 Å². The van der Waals surface area contributed by atoms with Crippen molar-refractivity contribution in [3.63, 3.8) is 0 Å². The van der Waals surface area contributed by atoms with Crippen LogP contribution in [0.4, 0.5) is 10.7 Å². The lowest BCUT2D eigenvalue weighted by Crippen LogP contribution is -2.20. The molecule has 2 rings (SSSR count).